The molecule has 6 nitrogen and oxygen atoms in total. The molecular weight excluding hydrogens is 258 g/mol. The first kappa shape index (κ1) is 13.5. The van der Waals surface area contributed by atoms with Crippen molar-refractivity contribution in [1.82, 2.24) is 4.98 Å². The summed E-state index contributed by atoms with van der Waals surface area (Å²) in [6, 6.07) is 11.7. The molecule has 1 aromatic carbocycles. The number of ether oxygens (including phenoxy) is 1. The number of nitrogens with zero attached hydrogens (tertiary/aromatic N) is 1. The van der Waals surface area contributed by atoms with Crippen molar-refractivity contribution in [3.8, 4) is 5.75 Å². The van der Waals surface area contributed by atoms with E-state index in [-0.39, 0.29) is 0 Å². The van der Waals surface area contributed by atoms with E-state index < -0.39 is 11.8 Å². The maximum absolute atomic E-state index is 11.7. The molecule has 0 fully saturated rings. The molecule has 2 amide bonds. The van der Waals surface area contributed by atoms with Crippen molar-refractivity contribution in [3.05, 3.63) is 48.7 Å². The Labute approximate surface area is 115 Å². The van der Waals surface area contributed by atoms with Crippen molar-refractivity contribution in [2.45, 2.75) is 0 Å². The van der Waals surface area contributed by atoms with E-state index in [1.54, 1.807) is 49.6 Å². The number of rotatable bonds is 3. The van der Waals surface area contributed by atoms with Gasteiger partial charge in [-0.3, -0.25) is 9.59 Å². The summed E-state index contributed by atoms with van der Waals surface area (Å²) in [6.45, 7) is 0. The van der Waals surface area contributed by atoms with Crippen molar-refractivity contribution in [2.75, 3.05) is 17.7 Å². The lowest BCUT2D eigenvalue weighted by Gasteiger charge is -2.06. The molecular formula is C14H13N3O3. The second kappa shape index (κ2) is 6.33. The number of hydrogen-bond acceptors (Lipinski definition) is 4. The van der Waals surface area contributed by atoms with E-state index in [1.807, 2.05) is 0 Å². The predicted octanol–water partition coefficient (Wildman–Crippen LogP) is 1.67. The molecule has 20 heavy (non-hydrogen) atoms. The van der Waals surface area contributed by atoms with Crippen LogP contribution in [0.5, 0.6) is 5.75 Å². The van der Waals surface area contributed by atoms with Gasteiger partial charge in [-0.15, -0.1) is 0 Å². The molecule has 0 saturated heterocycles. The lowest BCUT2D eigenvalue weighted by Crippen LogP contribution is -2.29. The number of nitrogens with one attached hydrogen (secondary N) is 2. The number of carbonyl (C=O) groups excluding carboxylic acids is 2. The minimum Gasteiger partial charge on any atom is -0.497 e. The standard InChI is InChI=1S/C14H13N3O3/c1-20-11-7-5-10(6-8-11)16-13(18)14(19)17-12-4-2-3-9-15-12/h2-9H,1H3,(H,16,18)(H,15,17,19). The molecule has 1 aromatic heterocycles. The zero-order valence-corrected chi connectivity index (χ0v) is 10.8. The third-order valence-electron chi connectivity index (χ3n) is 2.46. The summed E-state index contributed by atoms with van der Waals surface area (Å²) >= 11 is 0. The van der Waals surface area contributed by atoms with Gasteiger partial charge in [-0.25, -0.2) is 4.98 Å². The molecule has 0 atom stereocenters. The molecule has 0 saturated carbocycles. The monoisotopic (exact) mass is 271 g/mol. The van der Waals surface area contributed by atoms with Gasteiger partial charge in [0.25, 0.3) is 0 Å². The Kier molecular flexibility index (Phi) is 4.28. The van der Waals surface area contributed by atoms with Crippen LogP contribution < -0.4 is 15.4 Å². The number of benzene rings is 1. The fraction of sp³-hybridized carbons (Fsp3) is 0.0714. The molecule has 0 bridgehead atoms. The second-order valence-electron chi connectivity index (χ2n) is 3.85. The van der Waals surface area contributed by atoms with E-state index in [0.29, 0.717) is 17.3 Å². The van der Waals surface area contributed by atoms with Crippen LogP contribution in [0.15, 0.2) is 48.7 Å². The van der Waals surface area contributed by atoms with Crippen molar-refractivity contribution >= 4 is 23.3 Å². The molecule has 2 aromatic rings. The summed E-state index contributed by atoms with van der Waals surface area (Å²) < 4.78 is 5.00. The molecule has 0 aliphatic rings. The van der Waals surface area contributed by atoms with Crippen LogP contribution in [0.1, 0.15) is 0 Å². The summed E-state index contributed by atoms with van der Waals surface area (Å²) in [6.07, 6.45) is 1.52. The van der Waals surface area contributed by atoms with E-state index in [0.717, 1.165) is 0 Å². The first-order valence-corrected chi connectivity index (χ1v) is 5.86. The van der Waals surface area contributed by atoms with Crippen LogP contribution in [0, 0.1) is 0 Å². The summed E-state index contributed by atoms with van der Waals surface area (Å²) in [5.41, 5.74) is 0.506. The van der Waals surface area contributed by atoms with E-state index in [9.17, 15) is 9.59 Å². The minimum absolute atomic E-state index is 0.322. The van der Waals surface area contributed by atoms with Gasteiger partial charge in [0.15, 0.2) is 0 Å². The molecule has 102 valence electrons. The van der Waals surface area contributed by atoms with Crippen LogP contribution >= 0.6 is 0 Å². The van der Waals surface area contributed by atoms with E-state index in [4.69, 9.17) is 4.74 Å². The van der Waals surface area contributed by atoms with Crippen LogP contribution in [-0.2, 0) is 9.59 Å². The fourth-order valence-electron chi connectivity index (χ4n) is 1.47. The third kappa shape index (κ3) is 3.55. The van der Waals surface area contributed by atoms with Gasteiger partial charge >= 0.3 is 11.8 Å². The van der Waals surface area contributed by atoms with Gasteiger partial charge in [-0.05, 0) is 36.4 Å². The Hall–Kier alpha value is -2.89. The zero-order valence-electron chi connectivity index (χ0n) is 10.8. The van der Waals surface area contributed by atoms with Gasteiger partial charge in [0.05, 0.1) is 7.11 Å². The van der Waals surface area contributed by atoms with Gasteiger partial charge in [0.2, 0.25) is 0 Å². The summed E-state index contributed by atoms with van der Waals surface area (Å²) in [7, 11) is 1.55. The maximum Gasteiger partial charge on any atom is 0.315 e. The summed E-state index contributed by atoms with van der Waals surface area (Å²) in [5, 5.41) is 4.88. The quantitative estimate of drug-likeness (QED) is 0.832. The van der Waals surface area contributed by atoms with Crippen LogP contribution in [0.25, 0.3) is 0 Å². The highest BCUT2D eigenvalue weighted by atomic mass is 16.5. The average molecular weight is 271 g/mol. The topological polar surface area (TPSA) is 80.3 Å². The number of methoxy groups -OCH3 is 1. The minimum atomic E-state index is -0.778. The third-order valence-corrected chi connectivity index (χ3v) is 2.46. The highest BCUT2D eigenvalue weighted by Crippen LogP contribution is 2.14. The Balaban J connectivity index is 1.95. The molecule has 2 rings (SSSR count). The van der Waals surface area contributed by atoms with Gasteiger partial charge in [-0.2, -0.15) is 0 Å². The number of pyridine rings is 1. The van der Waals surface area contributed by atoms with Crippen molar-refractivity contribution in [3.63, 3.8) is 0 Å². The van der Waals surface area contributed by atoms with Crippen molar-refractivity contribution in [1.29, 1.82) is 0 Å². The highest BCUT2D eigenvalue weighted by molar-refractivity contribution is 6.43. The first-order chi connectivity index (χ1) is 9.69. The molecule has 1 heterocycles. The number of carbonyl (C=O) groups is 2. The average Bonchev–Trinajstić information content (AvgIpc) is 2.49. The van der Waals surface area contributed by atoms with Crippen LogP contribution in [0.2, 0.25) is 0 Å². The molecule has 0 radical (unpaired) electrons. The van der Waals surface area contributed by atoms with Gasteiger partial charge in [0.1, 0.15) is 11.6 Å². The predicted molar refractivity (Wildman–Crippen MR) is 74.5 cm³/mol. The molecule has 2 N–H and O–H groups in total. The number of aromatic nitrogens is 1. The summed E-state index contributed by atoms with van der Waals surface area (Å²) in [4.78, 5) is 27.2. The van der Waals surface area contributed by atoms with Crippen molar-refractivity contribution in [2.24, 2.45) is 0 Å². The van der Waals surface area contributed by atoms with Crippen molar-refractivity contribution < 1.29 is 14.3 Å². The lowest BCUT2D eigenvalue weighted by atomic mass is 10.3. The Morgan fingerprint density at radius 3 is 2.30 bits per heavy atom. The summed E-state index contributed by atoms with van der Waals surface area (Å²) in [5.74, 6) is -0.552. The molecule has 6 heteroatoms. The number of hydrogen-bond donors (Lipinski definition) is 2. The highest BCUT2D eigenvalue weighted by Gasteiger charge is 2.14. The van der Waals surface area contributed by atoms with Crippen LogP contribution in [0.3, 0.4) is 0 Å². The fourth-order valence-corrected chi connectivity index (χ4v) is 1.47. The Morgan fingerprint density at radius 2 is 1.70 bits per heavy atom. The molecule has 0 aliphatic heterocycles. The van der Waals surface area contributed by atoms with Gasteiger partial charge < -0.3 is 15.4 Å². The largest absolute Gasteiger partial charge is 0.497 e. The normalized spacial score (nSPS) is 9.65. The number of anilines is 2. The Bertz CT molecular complexity index is 597. The van der Waals surface area contributed by atoms with Crippen LogP contribution in [0.4, 0.5) is 11.5 Å². The SMILES string of the molecule is COc1ccc(NC(=O)C(=O)Nc2ccccn2)cc1. The smallest absolute Gasteiger partial charge is 0.315 e. The Morgan fingerprint density at radius 1 is 1.00 bits per heavy atom. The van der Waals surface area contributed by atoms with E-state index >= 15 is 0 Å². The molecule has 0 aliphatic carbocycles. The van der Waals surface area contributed by atoms with Gasteiger partial charge in [0, 0.05) is 11.9 Å². The number of amides is 2. The van der Waals surface area contributed by atoms with Gasteiger partial charge in [-0.1, -0.05) is 6.07 Å². The maximum atomic E-state index is 11.7. The van der Waals surface area contributed by atoms with E-state index in [2.05, 4.69) is 15.6 Å². The lowest BCUT2D eigenvalue weighted by molar-refractivity contribution is -0.133. The molecule has 0 spiro atoms. The zero-order chi connectivity index (χ0) is 14.4. The van der Waals surface area contributed by atoms with Crippen LogP contribution in [-0.4, -0.2) is 23.9 Å². The van der Waals surface area contributed by atoms with E-state index in [1.165, 1.54) is 6.20 Å². The second-order valence-corrected chi connectivity index (χ2v) is 3.85. The first-order valence-electron chi connectivity index (χ1n) is 5.86. The molecule has 0 unspecified atom stereocenters.